The van der Waals surface area contributed by atoms with Gasteiger partial charge in [0.15, 0.2) is 35.1 Å². The van der Waals surface area contributed by atoms with Crippen LogP contribution in [0.2, 0.25) is 0 Å². The van der Waals surface area contributed by atoms with Crippen LogP contribution < -0.4 is 16.8 Å². The normalized spacial score (nSPS) is 12.5. The summed E-state index contributed by atoms with van der Waals surface area (Å²) >= 11 is 1.90. The Morgan fingerprint density at radius 3 is 2.24 bits per heavy atom. The Hall–Kier alpha value is -5.62. The van der Waals surface area contributed by atoms with Crippen molar-refractivity contribution < 1.29 is 50.9 Å². The molecule has 4 aromatic rings. The Kier molecular flexibility index (Phi) is 19.8. The summed E-state index contributed by atoms with van der Waals surface area (Å²) in [5.74, 6) is 1.08. The van der Waals surface area contributed by atoms with Gasteiger partial charge in [-0.15, -0.1) is 12.8 Å². The molecule has 0 aliphatic rings. The molecule has 4 heterocycles. The van der Waals surface area contributed by atoms with Gasteiger partial charge in [0.1, 0.15) is 43.1 Å². The summed E-state index contributed by atoms with van der Waals surface area (Å²) in [6.07, 6.45) is 15.1. The molecule has 4 aromatic heterocycles. The van der Waals surface area contributed by atoms with Crippen molar-refractivity contribution in [1.29, 1.82) is 0 Å². The summed E-state index contributed by atoms with van der Waals surface area (Å²) in [5.41, 5.74) is 12.3. The Labute approximate surface area is 323 Å². The van der Waals surface area contributed by atoms with Gasteiger partial charge < -0.3 is 58.1 Å². The predicted molar refractivity (Wildman–Crippen MR) is 201 cm³/mol. The topological polar surface area (TPSA) is 261 Å². The lowest BCUT2D eigenvalue weighted by Gasteiger charge is -2.23. The van der Waals surface area contributed by atoms with E-state index in [0.717, 1.165) is 12.5 Å². The van der Waals surface area contributed by atoms with Gasteiger partial charge in [-0.25, -0.2) is 29.7 Å². The van der Waals surface area contributed by atoms with Crippen molar-refractivity contribution in [2.75, 3.05) is 53.1 Å². The first-order valence-corrected chi connectivity index (χ1v) is 18.0. The van der Waals surface area contributed by atoms with E-state index in [1.54, 1.807) is 13.8 Å². The van der Waals surface area contributed by atoms with Gasteiger partial charge in [-0.3, -0.25) is 4.79 Å². The number of aryl methyl sites for hydroxylation is 1. The quantitative estimate of drug-likeness (QED) is 0.0187. The number of nitrogens with one attached hydrogen (secondary N) is 1. The van der Waals surface area contributed by atoms with Crippen molar-refractivity contribution in [2.24, 2.45) is 16.5 Å². The number of amides is 1. The van der Waals surface area contributed by atoms with Crippen LogP contribution in [0, 0.1) is 19.8 Å². The maximum atomic E-state index is 13.0. The van der Waals surface area contributed by atoms with Crippen molar-refractivity contribution in [3.05, 3.63) is 59.7 Å². The lowest BCUT2D eigenvalue weighted by atomic mass is 10.2. The molecule has 55 heavy (non-hydrogen) atoms. The van der Waals surface area contributed by atoms with Crippen LogP contribution in [0.5, 0.6) is 0 Å². The number of aromatic nitrogens is 4. The molecule has 1 amide bonds. The van der Waals surface area contributed by atoms with Crippen LogP contribution in [-0.4, -0.2) is 97.1 Å². The van der Waals surface area contributed by atoms with E-state index in [2.05, 4.69) is 61.0 Å². The second-order valence-electron chi connectivity index (χ2n) is 10.7. The largest absolute Gasteiger partial charge is 0.497 e. The van der Waals surface area contributed by atoms with Gasteiger partial charge in [0, 0.05) is 14.2 Å². The summed E-state index contributed by atoms with van der Waals surface area (Å²) in [6.45, 7) is 8.06. The van der Waals surface area contributed by atoms with Crippen molar-refractivity contribution in [1.82, 2.24) is 25.3 Å². The van der Waals surface area contributed by atoms with Crippen molar-refractivity contribution in [2.45, 2.75) is 52.5 Å². The van der Waals surface area contributed by atoms with E-state index < -0.39 is 30.3 Å². The van der Waals surface area contributed by atoms with Gasteiger partial charge in [0.05, 0.1) is 26.3 Å². The lowest BCUT2D eigenvalue weighted by Crippen LogP contribution is -2.40. The minimum atomic E-state index is -1.07. The molecular formula is C35H48N8O11S. The third-order valence-corrected chi connectivity index (χ3v) is 7.50. The maximum Gasteiger partial charge on any atom is 0.360 e. The molecule has 19 nitrogen and oxygen atoms in total. The first-order chi connectivity index (χ1) is 26.5. The van der Waals surface area contributed by atoms with Crippen molar-refractivity contribution >= 4 is 29.5 Å². The first-order valence-electron chi connectivity index (χ1n) is 16.6. The highest BCUT2D eigenvalue weighted by Crippen LogP contribution is 2.27. The summed E-state index contributed by atoms with van der Waals surface area (Å²) in [6, 6.07) is -1.46. The summed E-state index contributed by atoms with van der Waals surface area (Å²) in [4.78, 5) is 46.1. The molecule has 20 heteroatoms. The van der Waals surface area contributed by atoms with Crippen LogP contribution in [0.1, 0.15) is 73.0 Å². The Morgan fingerprint density at radius 2 is 1.65 bits per heavy atom. The highest BCUT2D eigenvalue weighted by atomic mass is 32.2. The Morgan fingerprint density at radius 1 is 1.00 bits per heavy atom. The van der Waals surface area contributed by atoms with Crippen LogP contribution >= 0.6 is 11.8 Å². The van der Waals surface area contributed by atoms with Crippen LogP contribution in [0.3, 0.4) is 0 Å². The SMILES string of the molecule is C#C.CCCSC.CCOC(=NCCO/C=C(\N)C(=O)NC(c1nc(-c2nc(-c3nc(C(=O)OC)co3)co2)co1)C(OC)OC)c1nc(C(C)N)oc1C. The fourth-order valence-corrected chi connectivity index (χ4v) is 4.60. The zero-order valence-electron chi connectivity index (χ0n) is 32.0. The molecule has 2 unspecified atom stereocenters. The van der Waals surface area contributed by atoms with E-state index in [4.69, 9.17) is 48.1 Å². The molecule has 0 saturated carbocycles. The predicted octanol–water partition coefficient (Wildman–Crippen LogP) is 4.17. The number of rotatable bonds is 18. The van der Waals surface area contributed by atoms with Crippen molar-refractivity contribution in [3.63, 3.8) is 0 Å². The summed E-state index contributed by atoms with van der Waals surface area (Å²) in [7, 11) is 3.96. The number of nitrogens with zero attached hydrogens (tertiary/aromatic N) is 5. The first kappa shape index (κ1) is 45.5. The number of terminal acetylenes is 1. The molecule has 2 atom stereocenters. The fourth-order valence-electron chi connectivity index (χ4n) is 4.19. The van der Waals surface area contributed by atoms with E-state index >= 15 is 0 Å². The third-order valence-electron chi connectivity index (χ3n) is 6.68. The number of carbonyl (C=O) groups is 2. The third kappa shape index (κ3) is 13.3. The van der Waals surface area contributed by atoms with Gasteiger partial charge in [-0.1, -0.05) is 6.92 Å². The van der Waals surface area contributed by atoms with E-state index in [9.17, 15) is 9.59 Å². The van der Waals surface area contributed by atoms with Gasteiger partial charge in [0.25, 0.3) is 5.91 Å². The summed E-state index contributed by atoms with van der Waals surface area (Å²) < 4.78 is 48.3. The number of ether oxygens (including phenoxy) is 5. The zero-order chi connectivity index (χ0) is 40.9. The van der Waals surface area contributed by atoms with Crippen LogP contribution in [0.4, 0.5) is 0 Å². The standard InChI is InChI=1S/C29H36N8O11.C4H10S.C2H2/c1-7-44-26(20-15(3)48-23(37-20)14(2)30)32-8-9-43-10-16(31)22(38)36-21(29(41-5)42-6)27-34-18(12-47-27)24-33-17(11-45-24)25-35-19(13-46-25)28(39)40-4;1-3-4-5-2;1-2/h10-14,21,29H,7-9,30-31H2,1-6H3,(H,36,38);3-4H2,1-2H3;1-2H/b16-10-,32-26?;;. The molecule has 0 spiro atoms. The Balaban J connectivity index is 0.00000138. The molecule has 0 fully saturated rings. The molecular weight excluding hydrogens is 740 g/mol. The molecule has 5 N–H and O–H groups in total. The lowest BCUT2D eigenvalue weighted by molar-refractivity contribution is -0.139. The molecule has 0 aromatic carbocycles. The fraction of sp³-hybridized carbons (Fsp3) is 0.457. The molecule has 4 rings (SSSR count). The minimum Gasteiger partial charge on any atom is -0.497 e. The number of oxazole rings is 4. The number of thioether (sulfide) groups is 1. The van der Waals surface area contributed by atoms with E-state index in [1.165, 1.54) is 46.0 Å². The highest BCUT2D eigenvalue weighted by molar-refractivity contribution is 7.98. The van der Waals surface area contributed by atoms with E-state index in [-0.39, 0.29) is 59.5 Å². The van der Waals surface area contributed by atoms with Crippen LogP contribution in [0.15, 0.2) is 53.4 Å². The second kappa shape index (κ2) is 23.9. The molecule has 0 radical (unpaired) electrons. The van der Waals surface area contributed by atoms with Crippen LogP contribution in [-0.2, 0) is 28.5 Å². The molecule has 0 aliphatic heterocycles. The highest BCUT2D eigenvalue weighted by Gasteiger charge is 2.31. The van der Waals surface area contributed by atoms with E-state index in [0.29, 0.717) is 24.0 Å². The number of esters is 1. The number of hydrogen-bond acceptors (Lipinski definition) is 19. The van der Waals surface area contributed by atoms with E-state index in [1.807, 2.05) is 18.7 Å². The molecule has 0 aliphatic carbocycles. The average Bonchev–Trinajstić information content (AvgIpc) is 4.02. The molecule has 0 saturated heterocycles. The monoisotopic (exact) mass is 788 g/mol. The number of aliphatic imine (C=N–C) groups is 1. The number of nitrogens with two attached hydrogens (primary N) is 2. The number of methoxy groups -OCH3 is 3. The summed E-state index contributed by atoms with van der Waals surface area (Å²) in [5, 5.41) is 2.65. The number of hydrogen-bond donors (Lipinski definition) is 3. The smallest absolute Gasteiger partial charge is 0.360 e. The second-order valence-corrected chi connectivity index (χ2v) is 11.7. The Bertz CT molecular complexity index is 1840. The van der Waals surface area contributed by atoms with Gasteiger partial charge >= 0.3 is 5.97 Å². The van der Waals surface area contributed by atoms with Crippen LogP contribution in [0.25, 0.3) is 23.2 Å². The maximum absolute atomic E-state index is 13.0. The zero-order valence-corrected chi connectivity index (χ0v) is 32.8. The number of carbonyl (C=O) groups excluding carboxylic acids is 2. The average molecular weight is 789 g/mol. The van der Waals surface area contributed by atoms with Crippen molar-refractivity contribution in [3.8, 4) is 36.0 Å². The molecule has 300 valence electrons. The van der Waals surface area contributed by atoms with Gasteiger partial charge in [-0.05, 0) is 39.2 Å². The minimum absolute atomic E-state index is 0.0160. The molecule has 0 bridgehead atoms. The van der Waals surface area contributed by atoms with Gasteiger partial charge in [0.2, 0.25) is 29.5 Å². The van der Waals surface area contributed by atoms with Gasteiger partial charge in [-0.2, -0.15) is 11.8 Å².